The third kappa shape index (κ3) is 9.51. The predicted molar refractivity (Wildman–Crippen MR) is 145 cm³/mol. The molecule has 37 heavy (non-hydrogen) atoms. The summed E-state index contributed by atoms with van der Waals surface area (Å²) in [6.07, 6.45) is 4.89. The molecule has 0 radical (unpaired) electrons. The second-order valence-corrected chi connectivity index (χ2v) is 11.0. The molecule has 5 nitrogen and oxygen atoms in total. The van der Waals surface area contributed by atoms with Crippen molar-refractivity contribution >= 4 is 5.97 Å². The second-order valence-electron chi connectivity index (χ2n) is 11.0. The van der Waals surface area contributed by atoms with Gasteiger partial charge in [-0.3, -0.25) is 4.79 Å². The zero-order valence-corrected chi connectivity index (χ0v) is 22.9. The first kappa shape index (κ1) is 29.3. The summed E-state index contributed by atoms with van der Waals surface area (Å²) in [5.41, 5.74) is 4.61. The van der Waals surface area contributed by atoms with Crippen molar-refractivity contribution in [3.05, 3.63) is 70.5 Å². The van der Waals surface area contributed by atoms with E-state index in [2.05, 4.69) is 43.4 Å². The van der Waals surface area contributed by atoms with Crippen LogP contribution in [0.4, 0.5) is 4.39 Å². The largest absolute Gasteiger partial charge is 0.466 e. The Bertz CT molecular complexity index is 983. The van der Waals surface area contributed by atoms with E-state index in [4.69, 9.17) is 9.47 Å². The van der Waals surface area contributed by atoms with Crippen LogP contribution in [0.5, 0.6) is 0 Å². The predicted octanol–water partition coefficient (Wildman–Crippen LogP) is 5.71. The van der Waals surface area contributed by atoms with E-state index in [0.717, 1.165) is 49.7 Å². The van der Waals surface area contributed by atoms with Crippen molar-refractivity contribution in [1.29, 1.82) is 0 Å². The lowest BCUT2D eigenvalue weighted by atomic mass is 9.88. The third-order valence-corrected chi connectivity index (χ3v) is 7.22. The summed E-state index contributed by atoms with van der Waals surface area (Å²) in [4.78, 5) is 11.6. The number of aliphatic hydroxyl groups is 1. The molecular weight excluding hydrogens is 469 g/mol. The number of halogens is 1. The van der Waals surface area contributed by atoms with Gasteiger partial charge in [-0.15, -0.1) is 0 Å². The second kappa shape index (κ2) is 14.0. The van der Waals surface area contributed by atoms with Gasteiger partial charge in [0, 0.05) is 18.5 Å². The molecule has 0 saturated heterocycles. The summed E-state index contributed by atoms with van der Waals surface area (Å²) in [6, 6.07) is 13.4. The topological polar surface area (TPSA) is 67.8 Å². The van der Waals surface area contributed by atoms with Crippen LogP contribution in [0.1, 0.15) is 81.7 Å². The van der Waals surface area contributed by atoms with Crippen LogP contribution in [0.2, 0.25) is 0 Å². The monoisotopic (exact) mass is 513 g/mol. The molecule has 0 fully saturated rings. The van der Waals surface area contributed by atoms with Gasteiger partial charge in [0.25, 0.3) is 0 Å². The van der Waals surface area contributed by atoms with Crippen LogP contribution in [0.15, 0.2) is 42.5 Å². The van der Waals surface area contributed by atoms with Crippen molar-refractivity contribution in [2.45, 2.75) is 90.4 Å². The average molecular weight is 514 g/mol. The molecular formula is C31H44FNO4. The van der Waals surface area contributed by atoms with Crippen molar-refractivity contribution < 1.29 is 23.8 Å². The summed E-state index contributed by atoms with van der Waals surface area (Å²) in [6.45, 7) is 9.05. The number of aryl methyl sites for hydroxylation is 1. The molecule has 0 heterocycles. The van der Waals surface area contributed by atoms with Gasteiger partial charge < -0.3 is 19.9 Å². The fraction of sp³-hybridized carbons (Fsp3) is 0.581. The van der Waals surface area contributed by atoms with Crippen molar-refractivity contribution in [2.24, 2.45) is 5.92 Å². The Kier molecular flexibility index (Phi) is 11.1. The zero-order valence-electron chi connectivity index (χ0n) is 22.9. The first-order chi connectivity index (χ1) is 17.7. The first-order valence-corrected chi connectivity index (χ1v) is 13.7. The minimum Gasteiger partial charge on any atom is -0.466 e. The number of benzene rings is 2. The minimum atomic E-state index is -0.663. The Morgan fingerprint density at radius 2 is 1.86 bits per heavy atom. The molecule has 0 bridgehead atoms. The van der Waals surface area contributed by atoms with Gasteiger partial charge in [-0.25, -0.2) is 4.39 Å². The molecule has 2 aromatic rings. The molecule has 204 valence electrons. The Hall–Kier alpha value is -2.28. The van der Waals surface area contributed by atoms with Gasteiger partial charge in [-0.2, -0.15) is 0 Å². The van der Waals surface area contributed by atoms with E-state index in [1.807, 2.05) is 6.92 Å². The van der Waals surface area contributed by atoms with Gasteiger partial charge in [0.15, 0.2) is 0 Å². The molecule has 3 rings (SSSR count). The fourth-order valence-corrected chi connectivity index (χ4v) is 5.38. The number of nitrogens with one attached hydrogen (secondary N) is 1. The van der Waals surface area contributed by atoms with Gasteiger partial charge in [-0.1, -0.05) is 30.3 Å². The Morgan fingerprint density at radius 3 is 2.54 bits per heavy atom. The molecule has 0 aliphatic heterocycles. The molecule has 0 unspecified atom stereocenters. The van der Waals surface area contributed by atoms with E-state index >= 15 is 0 Å². The van der Waals surface area contributed by atoms with Gasteiger partial charge in [0.1, 0.15) is 5.82 Å². The van der Waals surface area contributed by atoms with Gasteiger partial charge in [0.2, 0.25) is 0 Å². The van der Waals surface area contributed by atoms with Crippen LogP contribution in [-0.4, -0.2) is 42.5 Å². The van der Waals surface area contributed by atoms with E-state index in [0.29, 0.717) is 25.5 Å². The normalized spacial score (nSPS) is 15.4. The molecule has 6 heteroatoms. The number of unbranched alkanes of at least 4 members (excludes halogenated alkanes) is 1. The molecule has 0 amide bonds. The van der Waals surface area contributed by atoms with Crippen LogP contribution in [0.25, 0.3) is 0 Å². The number of carbonyl (C=O) groups is 1. The fourth-order valence-electron chi connectivity index (χ4n) is 5.38. The average Bonchev–Trinajstić information content (AvgIpc) is 3.26. The maximum absolute atomic E-state index is 14.0. The third-order valence-electron chi connectivity index (χ3n) is 7.22. The molecule has 2 atom stereocenters. The summed E-state index contributed by atoms with van der Waals surface area (Å²) in [7, 11) is 0. The SMILES string of the molecule is CCOC(=O)CCCCc1ccc(F)cc1[C@@H](C)OC[C@H](O)CNC(C)(C)CC1Cc2ccccc2C1. The van der Waals surface area contributed by atoms with E-state index in [9.17, 15) is 14.3 Å². The number of hydrogen-bond donors (Lipinski definition) is 2. The number of ether oxygens (including phenoxy) is 2. The highest BCUT2D eigenvalue weighted by Crippen LogP contribution is 2.32. The lowest BCUT2D eigenvalue weighted by molar-refractivity contribution is -0.143. The molecule has 2 N–H and O–H groups in total. The summed E-state index contributed by atoms with van der Waals surface area (Å²) >= 11 is 0. The van der Waals surface area contributed by atoms with E-state index < -0.39 is 6.10 Å². The summed E-state index contributed by atoms with van der Waals surface area (Å²) < 4.78 is 25.0. The maximum atomic E-state index is 14.0. The Labute approximate surface area is 221 Å². The zero-order chi connectivity index (χ0) is 26.8. The minimum absolute atomic E-state index is 0.0986. The highest BCUT2D eigenvalue weighted by Gasteiger charge is 2.28. The molecule has 0 aromatic heterocycles. The highest BCUT2D eigenvalue weighted by molar-refractivity contribution is 5.69. The smallest absolute Gasteiger partial charge is 0.305 e. The summed E-state index contributed by atoms with van der Waals surface area (Å²) in [5.74, 6) is 0.119. The van der Waals surface area contributed by atoms with Gasteiger partial charge >= 0.3 is 5.97 Å². The van der Waals surface area contributed by atoms with Gasteiger partial charge in [0.05, 0.1) is 25.4 Å². The van der Waals surface area contributed by atoms with Crippen LogP contribution >= 0.6 is 0 Å². The molecule has 2 aromatic carbocycles. The number of aliphatic hydroxyl groups excluding tert-OH is 1. The number of carbonyl (C=O) groups excluding carboxylic acids is 1. The lowest BCUT2D eigenvalue weighted by Crippen LogP contribution is -2.45. The van der Waals surface area contributed by atoms with Crippen molar-refractivity contribution in [2.75, 3.05) is 19.8 Å². The Morgan fingerprint density at radius 1 is 1.16 bits per heavy atom. The number of rotatable bonds is 15. The van der Waals surface area contributed by atoms with E-state index in [1.165, 1.54) is 23.3 Å². The lowest BCUT2D eigenvalue weighted by Gasteiger charge is -2.31. The van der Waals surface area contributed by atoms with Gasteiger partial charge in [-0.05, 0) is 107 Å². The van der Waals surface area contributed by atoms with E-state index in [1.54, 1.807) is 13.0 Å². The first-order valence-electron chi connectivity index (χ1n) is 13.7. The Balaban J connectivity index is 1.42. The van der Waals surface area contributed by atoms with Crippen molar-refractivity contribution in [3.63, 3.8) is 0 Å². The maximum Gasteiger partial charge on any atom is 0.305 e. The molecule has 0 saturated carbocycles. The summed E-state index contributed by atoms with van der Waals surface area (Å²) in [5, 5.41) is 14.1. The standard InChI is InChI=1S/C31H44FNO4/c1-5-36-30(35)13-9-8-10-24-14-15-27(32)18-29(24)22(2)37-21-28(34)20-33-31(3,4)19-23-16-25-11-6-7-12-26(25)17-23/h6-7,11-12,14-15,18,22-23,28,33-34H,5,8-10,13,16-17,19-21H2,1-4H3/t22-,28-/m1/s1. The molecule has 1 aliphatic carbocycles. The van der Waals surface area contributed by atoms with Crippen molar-refractivity contribution in [3.8, 4) is 0 Å². The molecule has 0 spiro atoms. The number of β-amino-alcohol motifs (C(OH)–C–C–N with tert-alkyl or cyclic N) is 1. The number of esters is 1. The van der Waals surface area contributed by atoms with Crippen LogP contribution in [0, 0.1) is 11.7 Å². The van der Waals surface area contributed by atoms with Crippen molar-refractivity contribution in [1.82, 2.24) is 5.32 Å². The number of fused-ring (bicyclic) bond motifs is 1. The van der Waals surface area contributed by atoms with Crippen LogP contribution in [-0.2, 0) is 33.5 Å². The van der Waals surface area contributed by atoms with Crippen LogP contribution in [0.3, 0.4) is 0 Å². The van der Waals surface area contributed by atoms with E-state index in [-0.39, 0.29) is 30.0 Å². The highest BCUT2D eigenvalue weighted by atomic mass is 19.1. The molecule has 1 aliphatic rings. The van der Waals surface area contributed by atoms with Crippen LogP contribution < -0.4 is 5.32 Å². The number of hydrogen-bond acceptors (Lipinski definition) is 5. The quantitative estimate of drug-likeness (QED) is 0.236.